The van der Waals surface area contributed by atoms with E-state index in [1.54, 1.807) is 12.3 Å². The molecule has 0 bridgehead atoms. The minimum absolute atomic E-state index is 0.0362. The summed E-state index contributed by atoms with van der Waals surface area (Å²) in [5.74, 6) is 0.648. The van der Waals surface area contributed by atoms with Gasteiger partial charge in [-0.15, -0.1) is 0 Å². The molecule has 1 fully saturated rings. The Morgan fingerprint density at radius 1 is 1.17 bits per heavy atom. The summed E-state index contributed by atoms with van der Waals surface area (Å²) >= 11 is 0. The van der Waals surface area contributed by atoms with E-state index in [0.29, 0.717) is 6.54 Å². The van der Waals surface area contributed by atoms with Crippen LogP contribution in [0.15, 0.2) is 41.0 Å². The lowest BCUT2D eigenvalue weighted by Gasteiger charge is -2.24. The average molecular weight is 410 g/mol. The number of aryl methyl sites for hydroxylation is 2. The molecular weight excluding hydrogens is 378 g/mol. The van der Waals surface area contributed by atoms with Crippen molar-refractivity contribution in [2.24, 2.45) is 0 Å². The molecule has 2 heterocycles. The maximum atomic E-state index is 12.7. The molecule has 0 radical (unpaired) electrons. The van der Waals surface area contributed by atoms with Gasteiger partial charge < -0.3 is 15.1 Å². The van der Waals surface area contributed by atoms with Crippen molar-refractivity contribution < 1.29 is 14.0 Å². The highest BCUT2D eigenvalue weighted by Gasteiger charge is 2.32. The normalized spacial score (nSPS) is 19.8. The molecule has 4 rings (SSSR count). The van der Waals surface area contributed by atoms with Crippen LogP contribution in [0.4, 0.5) is 0 Å². The van der Waals surface area contributed by atoms with E-state index in [4.69, 9.17) is 4.42 Å². The van der Waals surface area contributed by atoms with E-state index in [0.717, 1.165) is 43.6 Å². The van der Waals surface area contributed by atoms with Gasteiger partial charge in [-0.2, -0.15) is 0 Å². The quantitative estimate of drug-likeness (QED) is 0.737. The molecule has 0 spiro atoms. The van der Waals surface area contributed by atoms with Gasteiger partial charge in [0.2, 0.25) is 11.8 Å². The third kappa shape index (κ3) is 4.93. The molecule has 2 aromatic rings. The molecule has 0 saturated carbocycles. The second kappa shape index (κ2) is 9.47. The predicted molar refractivity (Wildman–Crippen MR) is 115 cm³/mol. The smallest absolute Gasteiger partial charge is 0.237 e. The van der Waals surface area contributed by atoms with Crippen LogP contribution in [-0.2, 0) is 29.0 Å². The Morgan fingerprint density at radius 3 is 2.80 bits per heavy atom. The monoisotopic (exact) mass is 409 g/mol. The molecule has 2 atom stereocenters. The van der Waals surface area contributed by atoms with E-state index in [2.05, 4.69) is 28.8 Å². The molecule has 6 heteroatoms. The maximum absolute atomic E-state index is 12.7. The molecule has 1 aromatic carbocycles. The number of amides is 2. The molecule has 2 unspecified atom stereocenters. The average Bonchev–Trinajstić information content (AvgIpc) is 3.43. The molecule has 30 heavy (non-hydrogen) atoms. The van der Waals surface area contributed by atoms with Crippen LogP contribution in [0.2, 0.25) is 0 Å². The van der Waals surface area contributed by atoms with Crippen molar-refractivity contribution in [2.75, 3.05) is 13.1 Å². The molecular formula is C24H31N3O3. The number of carbonyl (C=O) groups excluding carboxylic acids is 2. The zero-order chi connectivity index (χ0) is 20.9. The van der Waals surface area contributed by atoms with E-state index >= 15 is 0 Å². The van der Waals surface area contributed by atoms with Crippen molar-refractivity contribution in [1.29, 1.82) is 0 Å². The van der Waals surface area contributed by atoms with Crippen LogP contribution in [0.25, 0.3) is 0 Å². The number of hydrogen-bond donors (Lipinski definition) is 2. The summed E-state index contributed by atoms with van der Waals surface area (Å²) in [6.45, 7) is 3.41. The standard InChI is InChI=1S/C24H31N3O3/c1-17(19-11-10-18-6-2-3-7-20(18)14-19)26-23(28)16-27-12-4-9-22(27)24(29)25-15-21-8-5-13-30-21/h5,8,10-11,13-14,17,22H,2-4,6-7,9,12,15-16H2,1H3,(H,25,29)(H,26,28). The Morgan fingerprint density at radius 2 is 2.00 bits per heavy atom. The Bertz CT molecular complexity index is 878. The summed E-state index contributed by atoms with van der Waals surface area (Å²) in [6.07, 6.45) is 8.10. The van der Waals surface area contributed by atoms with Gasteiger partial charge in [-0.1, -0.05) is 18.2 Å². The lowest BCUT2D eigenvalue weighted by molar-refractivity contribution is -0.128. The second-order valence-corrected chi connectivity index (χ2v) is 8.45. The number of hydrogen-bond acceptors (Lipinski definition) is 4. The van der Waals surface area contributed by atoms with Crippen LogP contribution < -0.4 is 10.6 Å². The first-order valence-corrected chi connectivity index (χ1v) is 11.1. The number of nitrogens with zero attached hydrogens (tertiary/aromatic N) is 1. The summed E-state index contributed by atoms with van der Waals surface area (Å²) in [7, 11) is 0. The van der Waals surface area contributed by atoms with Gasteiger partial charge in [-0.3, -0.25) is 14.5 Å². The summed E-state index contributed by atoms with van der Waals surface area (Å²) in [5.41, 5.74) is 4.02. The Balaban J connectivity index is 1.29. The fourth-order valence-electron chi connectivity index (χ4n) is 4.60. The van der Waals surface area contributed by atoms with Gasteiger partial charge in [-0.05, 0) is 80.8 Å². The lowest BCUT2D eigenvalue weighted by Crippen LogP contribution is -2.47. The zero-order valence-electron chi connectivity index (χ0n) is 17.7. The Hall–Kier alpha value is -2.60. The molecule has 1 aliphatic carbocycles. The molecule has 1 saturated heterocycles. The molecule has 160 valence electrons. The van der Waals surface area contributed by atoms with E-state index in [-0.39, 0.29) is 30.4 Å². The van der Waals surface area contributed by atoms with Gasteiger partial charge in [0, 0.05) is 0 Å². The zero-order valence-corrected chi connectivity index (χ0v) is 17.7. The Kier molecular flexibility index (Phi) is 6.53. The summed E-state index contributed by atoms with van der Waals surface area (Å²) in [6, 6.07) is 9.94. The van der Waals surface area contributed by atoms with Gasteiger partial charge in [0.25, 0.3) is 0 Å². The van der Waals surface area contributed by atoms with E-state index in [9.17, 15) is 9.59 Å². The van der Waals surface area contributed by atoms with Crippen LogP contribution in [0, 0.1) is 0 Å². The van der Waals surface area contributed by atoms with Gasteiger partial charge in [0.05, 0.1) is 31.4 Å². The highest BCUT2D eigenvalue weighted by molar-refractivity contribution is 5.84. The molecule has 1 aliphatic heterocycles. The fraction of sp³-hybridized carbons (Fsp3) is 0.500. The largest absolute Gasteiger partial charge is 0.467 e. The van der Waals surface area contributed by atoms with Crippen LogP contribution in [0.1, 0.15) is 61.1 Å². The van der Waals surface area contributed by atoms with E-state index < -0.39 is 0 Å². The molecule has 2 aliphatic rings. The van der Waals surface area contributed by atoms with Crippen LogP contribution in [-0.4, -0.2) is 35.8 Å². The minimum Gasteiger partial charge on any atom is -0.467 e. The van der Waals surface area contributed by atoms with Crippen LogP contribution in [0.3, 0.4) is 0 Å². The number of rotatable bonds is 7. The van der Waals surface area contributed by atoms with Crippen molar-refractivity contribution in [2.45, 2.75) is 64.1 Å². The SMILES string of the molecule is CC(NC(=O)CN1CCCC1C(=O)NCc1ccco1)c1ccc2c(c1)CCCC2. The van der Waals surface area contributed by atoms with Gasteiger partial charge in [-0.25, -0.2) is 0 Å². The highest BCUT2D eigenvalue weighted by Crippen LogP contribution is 2.25. The Labute approximate surface area is 178 Å². The van der Waals surface area contributed by atoms with Gasteiger partial charge in [0.1, 0.15) is 5.76 Å². The lowest BCUT2D eigenvalue weighted by atomic mass is 9.89. The molecule has 1 aromatic heterocycles. The molecule has 2 amide bonds. The number of likely N-dealkylation sites (tertiary alicyclic amines) is 1. The first kappa shape index (κ1) is 20.7. The minimum atomic E-state index is -0.259. The first-order chi connectivity index (χ1) is 14.6. The molecule has 6 nitrogen and oxygen atoms in total. The number of nitrogens with one attached hydrogen (secondary N) is 2. The second-order valence-electron chi connectivity index (χ2n) is 8.45. The first-order valence-electron chi connectivity index (χ1n) is 11.1. The van der Waals surface area contributed by atoms with E-state index in [1.807, 2.05) is 17.9 Å². The van der Waals surface area contributed by atoms with Crippen molar-refractivity contribution in [3.8, 4) is 0 Å². The predicted octanol–water partition coefficient (Wildman–Crippen LogP) is 3.12. The number of fused-ring (bicyclic) bond motifs is 1. The van der Waals surface area contributed by atoms with Gasteiger partial charge in [0.15, 0.2) is 0 Å². The van der Waals surface area contributed by atoms with Crippen LogP contribution in [0.5, 0.6) is 0 Å². The fourth-order valence-corrected chi connectivity index (χ4v) is 4.60. The van der Waals surface area contributed by atoms with Crippen molar-refractivity contribution >= 4 is 11.8 Å². The maximum Gasteiger partial charge on any atom is 0.237 e. The summed E-state index contributed by atoms with van der Waals surface area (Å²) < 4.78 is 5.27. The third-order valence-corrected chi connectivity index (χ3v) is 6.28. The van der Waals surface area contributed by atoms with Crippen LogP contribution >= 0.6 is 0 Å². The van der Waals surface area contributed by atoms with Gasteiger partial charge >= 0.3 is 0 Å². The molecule has 2 N–H and O–H groups in total. The number of furan rings is 1. The third-order valence-electron chi connectivity index (χ3n) is 6.28. The number of benzene rings is 1. The number of carbonyl (C=O) groups is 2. The highest BCUT2D eigenvalue weighted by atomic mass is 16.3. The van der Waals surface area contributed by atoms with Crippen molar-refractivity contribution in [1.82, 2.24) is 15.5 Å². The van der Waals surface area contributed by atoms with Crippen molar-refractivity contribution in [3.63, 3.8) is 0 Å². The topological polar surface area (TPSA) is 74.6 Å². The summed E-state index contributed by atoms with van der Waals surface area (Å²) in [4.78, 5) is 27.2. The van der Waals surface area contributed by atoms with Crippen molar-refractivity contribution in [3.05, 3.63) is 59.0 Å². The summed E-state index contributed by atoms with van der Waals surface area (Å²) in [5, 5.41) is 6.04. The van der Waals surface area contributed by atoms with E-state index in [1.165, 1.54) is 24.0 Å².